The predicted molar refractivity (Wildman–Crippen MR) is 82.9 cm³/mol. The highest BCUT2D eigenvalue weighted by Gasteiger charge is 2.12. The molecule has 1 heterocycles. The molecule has 0 spiro atoms. The third-order valence-electron chi connectivity index (χ3n) is 2.90. The second-order valence-electron chi connectivity index (χ2n) is 4.38. The lowest BCUT2D eigenvalue weighted by Crippen LogP contribution is -2.30. The standard InChI is InChI=1S/C14H17N3O4S/c1-20-11-2-4-12(5-3-11)21-9-8-17(7-6-13(18)19)14-16-15-10-22-14/h2-5,10H,6-9H2,1H3,(H,18,19). The molecule has 1 aromatic carbocycles. The van der Waals surface area contributed by atoms with Gasteiger partial charge in [0.25, 0.3) is 0 Å². The summed E-state index contributed by atoms with van der Waals surface area (Å²) in [6.45, 7) is 1.33. The zero-order valence-corrected chi connectivity index (χ0v) is 13.0. The molecule has 0 radical (unpaired) electrons. The zero-order chi connectivity index (χ0) is 15.8. The summed E-state index contributed by atoms with van der Waals surface area (Å²) in [5.74, 6) is 0.658. The first-order valence-electron chi connectivity index (χ1n) is 6.69. The van der Waals surface area contributed by atoms with Crippen molar-refractivity contribution in [2.75, 3.05) is 31.7 Å². The number of carbonyl (C=O) groups is 1. The molecule has 0 aliphatic carbocycles. The second-order valence-corrected chi connectivity index (χ2v) is 5.19. The summed E-state index contributed by atoms with van der Waals surface area (Å²) in [6.07, 6.45) is 0.0438. The topological polar surface area (TPSA) is 84.8 Å². The molecule has 8 heteroatoms. The van der Waals surface area contributed by atoms with E-state index in [1.807, 2.05) is 29.2 Å². The number of ether oxygens (including phenoxy) is 2. The summed E-state index contributed by atoms with van der Waals surface area (Å²) in [7, 11) is 1.61. The van der Waals surface area contributed by atoms with Crippen molar-refractivity contribution in [2.24, 2.45) is 0 Å². The molecular formula is C14H17N3O4S. The molecule has 0 bridgehead atoms. The molecule has 2 rings (SSSR count). The number of aliphatic carboxylic acids is 1. The molecule has 0 fully saturated rings. The molecule has 22 heavy (non-hydrogen) atoms. The Hall–Kier alpha value is -2.35. The first-order valence-corrected chi connectivity index (χ1v) is 7.57. The van der Waals surface area contributed by atoms with Gasteiger partial charge in [-0.15, -0.1) is 10.2 Å². The van der Waals surface area contributed by atoms with Gasteiger partial charge >= 0.3 is 5.97 Å². The van der Waals surface area contributed by atoms with Gasteiger partial charge in [0.15, 0.2) is 0 Å². The van der Waals surface area contributed by atoms with Gasteiger partial charge in [-0.05, 0) is 24.3 Å². The van der Waals surface area contributed by atoms with E-state index in [1.165, 1.54) is 11.3 Å². The van der Waals surface area contributed by atoms with Crippen LogP contribution in [0.3, 0.4) is 0 Å². The minimum Gasteiger partial charge on any atom is -0.497 e. The molecule has 0 atom stereocenters. The van der Waals surface area contributed by atoms with Gasteiger partial charge in [-0.3, -0.25) is 4.79 Å². The maximum atomic E-state index is 10.7. The van der Waals surface area contributed by atoms with Crippen LogP contribution < -0.4 is 14.4 Å². The summed E-state index contributed by atoms with van der Waals surface area (Å²) < 4.78 is 10.7. The fraction of sp³-hybridized carbons (Fsp3) is 0.357. The minimum atomic E-state index is -0.842. The Labute approximate surface area is 132 Å². The summed E-state index contributed by atoms with van der Waals surface area (Å²) in [4.78, 5) is 12.6. The molecule has 118 valence electrons. The van der Waals surface area contributed by atoms with E-state index in [9.17, 15) is 4.79 Å². The van der Waals surface area contributed by atoms with Crippen LogP contribution in [0.1, 0.15) is 6.42 Å². The molecule has 0 amide bonds. The number of hydrogen-bond donors (Lipinski definition) is 1. The monoisotopic (exact) mass is 323 g/mol. The number of methoxy groups -OCH3 is 1. The van der Waals surface area contributed by atoms with Gasteiger partial charge in [-0.1, -0.05) is 11.3 Å². The Morgan fingerprint density at radius 1 is 1.27 bits per heavy atom. The molecule has 0 aliphatic rings. The molecule has 1 N–H and O–H groups in total. The number of aromatic nitrogens is 2. The number of anilines is 1. The smallest absolute Gasteiger partial charge is 0.305 e. The first kappa shape index (κ1) is 16.0. The van der Waals surface area contributed by atoms with E-state index in [0.29, 0.717) is 24.8 Å². The Morgan fingerprint density at radius 3 is 2.59 bits per heavy atom. The van der Waals surface area contributed by atoms with Crippen molar-refractivity contribution in [3.63, 3.8) is 0 Å². The van der Waals surface area contributed by atoms with Crippen molar-refractivity contribution in [3.05, 3.63) is 29.8 Å². The quantitative estimate of drug-likeness (QED) is 0.754. The summed E-state index contributed by atoms with van der Waals surface area (Å²) in [5.41, 5.74) is 1.62. The van der Waals surface area contributed by atoms with Gasteiger partial charge in [0.1, 0.15) is 23.6 Å². The van der Waals surface area contributed by atoms with Crippen LogP contribution in [0.25, 0.3) is 0 Å². The maximum absolute atomic E-state index is 10.7. The molecule has 0 saturated carbocycles. The molecule has 2 aromatic rings. The Kier molecular flexibility index (Phi) is 5.96. The lowest BCUT2D eigenvalue weighted by atomic mass is 10.3. The van der Waals surface area contributed by atoms with Crippen LogP contribution in [-0.2, 0) is 4.79 Å². The summed E-state index contributed by atoms with van der Waals surface area (Å²) in [6, 6.07) is 7.29. The third-order valence-corrected chi connectivity index (χ3v) is 3.65. The average Bonchev–Trinajstić information content (AvgIpc) is 3.05. The largest absolute Gasteiger partial charge is 0.497 e. The average molecular weight is 323 g/mol. The van der Waals surface area contributed by atoms with E-state index in [0.717, 1.165) is 11.5 Å². The van der Waals surface area contributed by atoms with Gasteiger partial charge in [0, 0.05) is 6.54 Å². The third kappa shape index (κ3) is 4.88. The highest BCUT2D eigenvalue weighted by atomic mass is 32.1. The van der Waals surface area contributed by atoms with Crippen LogP contribution in [0.4, 0.5) is 5.13 Å². The van der Waals surface area contributed by atoms with Crippen molar-refractivity contribution >= 4 is 22.4 Å². The normalized spacial score (nSPS) is 10.2. The van der Waals surface area contributed by atoms with Crippen molar-refractivity contribution in [1.29, 1.82) is 0 Å². The maximum Gasteiger partial charge on any atom is 0.305 e. The van der Waals surface area contributed by atoms with Gasteiger partial charge in [0.05, 0.1) is 20.1 Å². The van der Waals surface area contributed by atoms with E-state index in [4.69, 9.17) is 14.6 Å². The van der Waals surface area contributed by atoms with Crippen LogP contribution in [0, 0.1) is 0 Å². The second kappa shape index (κ2) is 8.18. The van der Waals surface area contributed by atoms with E-state index >= 15 is 0 Å². The lowest BCUT2D eigenvalue weighted by molar-refractivity contribution is -0.136. The van der Waals surface area contributed by atoms with E-state index in [2.05, 4.69) is 10.2 Å². The van der Waals surface area contributed by atoms with Crippen molar-refractivity contribution in [3.8, 4) is 11.5 Å². The number of carboxylic acid groups (broad SMARTS) is 1. The van der Waals surface area contributed by atoms with Crippen LogP contribution in [0.2, 0.25) is 0 Å². The number of nitrogens with zero attached hydrogens (tertiary/aromatic N) is 3. The molecule has 0 unspecified atom stereocenters. The van der Waals surface area contributed by atoms with Crippen molar-refractivity contribution in [1.82, 2.24) is 10.2 Å². The fourth-order valence-corrected chi connectivity index (χ4v) is 2.40. The Morgan fingerprint density at radius 2 is 2.00 bits per heavy atom. The van der Waals surface area contributed by atoms with Crippen LogP contribution in [0.15, 0.2) is 29.8 Å². The van der Waals surface area contributed by atoms with Gasteiger partial charge in [-0.2, -0.15) is 0 Å². The fourth-order valence-electron chi connectivity index (χ4n) is 1.78. The molecule has 7 nitrogen and oxygen atoms in total. The predicted octanol–water partition coefficient (Wildman–Crippen LogP) is 1.91. The lowest BCUT2D eigenvalue weighted by Gasteiger charge is -2.20. The molecule has 0 saturated heterocycles. The number of hydrogen-bond acceptors (Lipinski definition) is 7. The van der Waals surface area contributed by atoms with Gasteiger partial charge in [-0.25, -0.2) is 0 Å². The van der Waals surface area contributed by atoms with Crippen LogP contribution >= 0.6 is 11.3 Å². The van der Waals surface area contributed by atoms with Crippen LogP contribution in [-0.4, -0.2) is 48.1 Å². The van der Waals surface area contributed by atoms with E-state index < -0.39 is 5.97 Å². The summed E-state index contributed by atoms with van der Waals surface area (Å²) in [5, 5.41) is 17.3. The van der Waals surface area contributed by atoms with E-state index in [-0.39, 0.29) is 6.42 Å². The number of carboxylic acids is 1. The number of rotatable bonds is 9. The minimum absolute atomic E-state index is 0.0438. The highest BCUT2D eigenvalue weighted by molar-refractivity contribution is 7.13. The molecular weight excluding hydrogens is 306 g/mol. The van der Waals surface area contributed by atoms with Gasteiger partial charge < -0.3 is 19.5 Å². The van der Waals surface area contributed by atoms with Crippen molar-refractivity contribution < 1.29 is 19.4 Å². The Bertz CT molecular complexity index is 574. The first-order chi connectivity index (χ1) is 10.7. The van der Waals surface area contributed by atoms with E-state index in [1.54, 1.807) is 12.6 Å². The molecule has 0 aliphatic heterocycles. The van der Waals surface area contributed by atoms with Crippen LogP contribution in [0.5, 0.6) is 11.5 Å². The zero-order valence-electron chi connectivity index (χ0n) is 12.1. The van der Waals surface area contributed by atoms with Gasteiger partial charge in [0.2, 0.25) is 5.13 Å². The number of benzene rings is 1. The SMILES string of the molecule is COc1ccc(OCCN(CCC(=O)O)c2nncs2)cc1. The summed E-state index contributed by atoms with van der Waals surface area (Å²) >= 11 is 1.37. The van der Waals surface area contributed by atoms with Crippen molar-refractivity contribution in [2.45, 2.75) is 6.42 Å². The molecule has 1 aromatic heterocycles. The Balaban J connectivity index is 1.86. The highest BCUT2D eigenvalue weighted by Crippen LogP contribution is 2.18.